The van der Waals surface area contributed by atoms with Crippen molar-refractivity contribution in [3.63, 3.8) is 0 Å². The van der Waals surface area contributed by atoms with E-state index in [9.17, 15) is 9.59 Å². The summed E-state index contributed by atoms with van der Waals surface area (Å²) in [5.74, 6) is 0.694. The topological polar surface area (TPSA) is 53.8 Å². The van der Waals surface area contributed by atoms with Gasteiger partial charge in [-0.25, -0.2) is 0 Å². The van der Waals surface area contributed by atoms with Crippen molar-refractivity contribution in [2.24, 2.45) is 5.92 Å². The van der Waals surface area contributed by atoms with Crippen LogP contribution in [0.5, 0.6) is 0 Å². The molecule has 0 N–H and O–H groups in total. The first-order valence-electron chi connectivity index (χ1n) is 8.36. The number of rotatable bonds is 4. The molecule has 0 spiro atoms. The standard InChI is InChI=1S/C18H20N2O3S/c21-17-10-13(11-19(17)12-14-4-2-8-23-14)18(22)20-7-1-5-15(20)16-6-3-9-24-16/h2-4,6,8-9,13,15H,1,5,7,10-12H2/t13-,15-/m1/s1. The quantitative estimate of drug-likeness (QED) is 0.856. The number of hydrogen-bond donors (Lipinski definition) is 0. The fourth-order valence-electron chi connectivity index (χ4n) is 3.72. The summed E-state index contributed by atoms with van der Waals surface area (Å²) in [5, 5.41) is 2.06. The van der Waals surface area contributed by atoms with E-state index in [4.69, 9.17) is 4.42 Å². The Kier molecular flexibility index (Phi) is 4.14. The van der Waals surface area contributed by atoms with Crippen LogP contribution in [-0.2, 0) is 16.1 Å². The van der Waals surface area contributed by atoms with Gasteiger partial charge in [-0.05, 0) is 36.4 Å². The minimum Gasteiger partial charge on any atom is -0.467 e. The fraction of sp³-hybridized carbons (Fsp3) is 0.444. The van der Waals surface area contributed by atoms with Crippen LogP contribution in [-0.4, -0.2) is 34.7 Å². The van der Waals surface area contributed by atoms with Gasteiger partial charge in [-0.1, -0.05) is 6.07 Å². The molecular weight excluding hydrogens is 324 g/mol. The predicted octanol–water partition coefficient (Wildman–Crippen LogP) is 3.05. The van der Waals surface area contributed by atoms with Crippen molar-refractivity contribution < 1.29 is 14.0 Å². The third kappa shape index (κ3) is 2.86. The van der Waals surface area contributed by atoms with Crippen LogP contribution in [0.1, 0.15) is 35.9 Å². The van der Waals surface area contributed by atoms with E-state index in [0.717, 1.165) is 25.1 Å². The molecule has 2 aromatic heterocycles. The average Bonchev–Trinajstić information content (AvgIpc) is 3.36. The van der Waals surface area contributed by atoms with Crippen LogP contribution >= 0.6 is 11.3 Å². The third-order valence-corrected chi connectivity index (χ3v) is 5.87. The summed E-state index contributed by atoms with van der Waals surface area (Å²) < 4.78 is 5.32. The molecule has 24 heavy (non-hydrogen) atoms. The Balaban J connectivity index is 1.44. The van der Waals surface area contributed by atoms with Gasteiger partial charge < -0.3 is 14.2 Å². The summed E-state index contributed by atoms with van der Waals surface area (Å²) in [6, 6.07) is 7.99. The average molecular weight is 344 g/mol. The normalized spacial score (nSPS) is 24.1. The summed E-state index contributed by atoms with van der Waals surface area (Å²) >= 11 is 1.70. The van der Waals surface area contributed by atoms with Crippen LogP contribution in [0, 0.1) is 5.92 Å². The second kappa shape index (κ2) is 6.43. The number of carbonyl (C=O) groups excluding carboxylic acids is 2. The number of nitrogens with zero attached hydrogens (tertiary/aromatic N) is 2. The van der Waals surface area contributed by atoms with Crippen LogP contribution in [0.3, 0.4) is 0 Å². The lowest BCUT2D eigenvalue weighted by Crippen LogP contribution is -2.36. The first kappa shape index (κ1) is 15.4. The largest absolute Gasteiger partial charge is 0.467 e. The van der Waals surface area contributed by atoms with Gasteiger partial charge in [0.15, 0.2) is 0 Å². The fourth-order valence-corrected chi connectivity index (χ4v) is 4.60. The smallest absolute Gasteiger partial charge is 0.228 e. The Hall–Kier alpha value is -2.08. The van der Waals surface area contributed by atoms with Crippen molar-refractivity contribution in [1.29, 1.82) is 0 Å². The van der Waals surface area contributed by atoms with Crippen LogP contribution in [0.2, 0.25) is 0 Å². The van der Waals surface area contributed by atoms with E-state index >= 15 is 0 Å². The molecule has 4 rings (SSSR count). The first-order chi connectivity index (χ1) is 11.7. The van der Waals surface area contributed by atoms with E-state index in [-0.39, 0.29) is 23.8 Å². The maximum atomic E-state index is 13.0. The number of carbonyl (C=O) groups is 2. The van der Waals surface area contributed by atoms with Crippen molar-refractivity contribution >= 4 is 23.2 Å². The molecule has 5 nitrogen and oxygen atoms in total. The molecule has 0 saturated carbocycles. The minimum atomic E-state index is -0.229. The Labute approximate surface area is 144 Å². The maximum absolute atomic E-state index is 13.0. The molecule has 0 aliphatic carbocycles. The predicted molar refractivity (Wildman–Crippen MR) is 90.2 cm³/mol. The molecule has 0 radical (unpaired) electrons. The van der Waals surface area contributed by atoms with Crippen molar-refractivity contribution in [2.75, 3.05) is 13.1 Å². The van der Waals surface area contributed by atoms with E-state index in [2.05, 4.69) is 11.4 Å². The Morgan fingerprint density at radius 2 is 2.25 bits per heavy atom. The van der Waals surface area contributed by atoms with Gasteiger partial charge in [0.05, 0.1) is 24.8 Å². The minimum absolute atomic E-state index is 0.0385. The van der Waals surface area contributed by atoms with E-state index in [1.165, 1.54) is 4.88 Å². The molecule has 4 heterocycles. The first-order valence-corrected chi connectivity index (χ1v) is 9.24. The number of furan rings is 1. The van der Waals surface area contributed by atoms with Crippen molar-refractivity contribution in [3.8, 4) is 0 Å². The highest BCUT2D eigenvalue weighted by molar-refractivity contribution is 7.10. The molecule has 2 atom stereocenters. The zero-order valence-corrected chi connectivity index (χ0v) is 14.2. The van der Waals surface area contributed by atoms with Crippen LogP contribution in [0.4, 0.5) is 0 Å². The molecule has 0 bridgehead atoms. The van der Waals surface area contributed by atoms with Gasteiger partial charge in [-0.15, -0.1) is 11.3 Å². The van der Waals surface area contributed by atoms with E-state index in [0.29, 0.717) is 19.5 Å². The van der Waals surface area contributed by atoms with Gasteiger partial charge in [0.2, 0.25) is 11.8 Å². The molecule has 0 unspecified atom stereocenters. The maximum Gasteiger partial charge on any atom is 0.228 e. The van der Waals surface area contributed by atoms with Gasteiger partial charge in [0.25, 0.3) is 0 Å². The molecule has 2 fully saturated rings. The van der Waals surface area contributed by atoms with Crippen LogP contribution in [0.25, 0.3) is 0 Å². The van der Waals surface area contributed by atoms with E-state index in [1.807, 2.05) is 23.1 Å². The zero-order chi connectivity index (χ0) is 16.5. The molecule has 126 valence electrons. The zero-order valence-electron chi connectivity index (χ0n) is 13.4. The highest BCUT2D eigenvalue weighted by Gasteiger charge is 2.40. The molecule has 2 amide bonds. The van der Waals surface area contributed by atoms with E-state index in [1.54, 1.807) is 22.5 Å². The van der Waals surface area contributed by atoms with Gasteiger partial charge in [0, 0.05) is 24.4 Å². The Morgan fingerprint density at radius 1 is 1.33 bits per heavy atom. The summed E-state index contributed by atoms with van der Waals surface area (Å²) in [6.07, 6.45) is 3.97. The summed E-state index contributed by atoms with van der Waals surface area (Å²) in [7, 11) is 0. The molecule has 6 heteroatoms. The lowest BCUT2D eigenvalue weighted by molar-refractivity contribution is -0.136. The molecule has 0 aromatic carbocycles. The number of amides is 2. The van der Waals surface area contributed by atoms with Crippen molar-refractivity contribution in [2.45, 2.75) is 31.8 Å². The second-order valence-corrected chi connectivity index (χ2v) is 7.44. The van der Waals surface area contributed by atoms with Gasteiger partial charge in [-0.3, -0.25) is 9.59 Å². The molecular formula is C18H20N2O3S. The van der Waals surface area contributed by atoms with Gasteiger partial charge in [-0.2, -0.15) is 0 Å². The molecule has 2 aliphatic heterocycles. The van der Waals surface area contributed by atoms with Crippen LogP contribution < -0.4 is 0 Å². The van der Waals surface area contributed by atoms with Crippen LogP contribution in [0.15, 0.2) is 40.3 Å². The van der Waals surface area contributed by atoms with E-state index < -0.39 is 0 Å². The molecule has 2 aliphatic rings. The van der Waals surface area contributed by atoms with Gasteiger partial charge in [0.1, 0.15) is 5.76 Å². The SMILES string of the molecule is O=C1C[C@@H](C(=O)N2CCC[C@@H]2c2cccs2)CN1Cc1ccco1. The number of likely N-dealkylation sites (tertiary alicyclic amines) is 2. The molecule has 2 saturated heterocycles. The van der Waals surface area contributed by atoms with Crippen molar-refractivity contribution in [3.05, 3.63) is 46.5 Å². The van der Waals surface area contributed by atoms with Gasteiger partial charge >= 0.3 is 0 Å². The number of hydrogen-bond acceptors (Lipinski definition) is 4. The summed E-state index contributed by atoms with van der Waals surface area (Å²) in [6.45, 7) is 1.74. The monoisotopic (exact) mass is 344 g/mol. The number of thiophene rings is 1. The molecule has 2 aromatic rings. The summed E-state index contributed by atoms with van der Waals surface area (Å²) in [5.41, 5.74) is 0. The highest BCUT2D eigenvalue weighted by atomic mass is 32.1. The Morgan fingerprint density at radius 3 is 3.00 bits per heavy atom. The highest BCUT2D eigenvalue weighted by Crippen LogP contribution is 2.36. The second-order valence-electron chi connectivity index (χ2n) is 6.46. The Bertz CT molecular complexity index is 711. The van der Waals surface area contributed by atoms with Crippen molar-refractivity contribution in [1.82, 2.24) is 9.80 Å². The lowest BCUT2D eigenvalue weighted by Gasteiger charge is -2.26. The third-order valence-electron chi connectivity index (χ3n) is 4.90. The lowest BCUT2D eigenvalue weighted by atomic mass is 10.1. The summed E-state index contributed by atoms with van der Waals surface area (Å²) in [4.78, 5) is 30.2.